The summed E-state index contributed by atoms with van der Waals surface area (Å²) in [5.74, 6) is -0.324. The molecule has 7 nitrogen and oxygen atoms in total. The highest BCUT2D eigenvalue weighted by atomic mass is 16.5. The molecule has 1 aromatic rings. The maximum atomic E-state index is 12.0. The smallest absolute Gasteiger partial charge is 0.320 e. The number of aromatic hydroxyl groups is 1. The van der Waals surface area contributed by atoms with Gasteiger partial charge in [-0.15, -0.1) is 0 Å². The van der Waals surface area contributed by atoms with Crippen LogP contribution >= 0.6 is 0 Å². The van der Waals surface area contributed by atoms with Gasteiger partial charge >= 0.3 is 5.97 Å². The van der Waals surface area contributed by atoms with Gasteiger partial charge in [-0.1, -0.05) is 6.07 Å². The normalized spacial score (nSPS) is 40.2. The minimum Gasteiger partial charge on any atom is -0.504 e. The number of aliphatic carboxylic acids is 1. The molecule has 0 amide bonds. The largest absolute Gasteiger partial charge is 0.504 e. The topological polar surface area (TPSA) is 102 Å². The summed E-state index contributed by atoms with van der Waals surface area (Å²) >= 11 is 0. The minimum atomic E-state index is -0.943. The molecule has 2 bridgehead atoms. The Morgan fingerprint density at radius 2 is 2.19 bits per heavy atom. The van der Waals surface area contributed by atoms with E-state index in [0.29, 0.717) is 18.6 Å². The number of benzene rings is 1. The zero-order valence-corrected chi connectivity index (χ0v) is 15.6. The van der Waals surface area contributed by atoms with E-state index in [2.05, 4.69) is 17.3 Å². The lowest BCUT2D eigenvalue weighted by Gasteiger charge is -2.63. The molecule has 146 valence electrons. The van der Waals surface area contributed by atoms with E-state index < -0.39 is 29.1 Å². The number of carboxylic acids is 1. The predicted molar refractivity (Wildman–Crippen MR) is 97.1 cm³/mol. The van der Waals surface area contributed by atoms with Crippen molar-refractivity contribution in [2.24, 2.45) is 0 Å². The van der Waals surface area contributed by atoms with Gasteiger partial charge in [-0.2, -0.15) is 0 Å². The SMILES string of the molecule is CC(N[C@@H]1CC[C@@]2(O)C3Cc4ccc(O)c5c4[C@@]2(CCN3C)[C@H]1O5)C(=O)O. The van der Waals surface area contributed by atoms with Crippen molar-refractivity contribution in [1.82, 2.24) is 10.2 Å². The first-order chi connectivity index (χ1) is 12.8. The Bertz CT molecular complexity index is 829. The molecule has 4 N–H and O–H groups in total. The van der Waals surface area contributed by atoms with E-state index in [9.17, 15) is 20.1 Å². The quantitative estimate of drug-likeness (QED) is 0.615. The predicted octanol–water partition coefficient (Wildman–Crippen LogP) is 0.607. The van der Waals surface area contributed by atoms with Gasteiger partial charge in [0, 0.05) is 17.6 Å². The average molecular weight is 374 g/mol. The van der Waals surface area contributed by atoms with E-state index in [1.165, 1.54) is 0 Å². The number of piperidine rings is 1. The van der Waals surface area contributed by atoms with Crippen molar-refractivity contribution in [3.05, 3.63) is 23.3 Å². The van der Waals surface area contributed by atoms with Crippen LogP contribution in [0.1, 0.15) is 37.3 Å². The van der Waals surface area contributed by atoms with Gasteiger partial charge in [0.05, 0.1) is 11.0 Å². The lowest BCUT2D eigenvalue weighted by atomic mass is 9.48. The maximum absolute atomic E-state index is 12.0. The van der Waals surface area contributed by atoms with Gasteiger partial charge in [0.15, 0.2) is 11.5 Å². The molecule has 6 atom stereocenters. The van der Waals surface area contributed by atoms with Crippen LogP contribution in [0.25, 0.3) is 0 Å². The zero-order valence-electron chi connectivity index (χ0n) is 15.6. The van der Waals surface area contributed by atoms with Crippen LogP contribution in [0.15, 0.2) is 12.1 Å². The van der Waals surface area contributed by atoms with Crippen LogP contribution in [0, 0.1) is 0 Å². The fourth-order valence-electron chi connectivity index (χ4n) is 6.32. The van der Waals surface area contributed by atoms with Gasteiger partial charge in [-0.25, -0.2) is 0 Å². The molecule has 1 saturated carbocycles. The van der Waals surface area contributed by atoms with Crippen molar-refractivity contribution < 1.29 is 24.9 Å². The molecular weight excluding hydrogens is 348 g/mol. The standard InChI is InChI=1S/C20H26N2O5/c1-10(18(24)25)21-12-5-6-20(26)14-9-11-3-4-13(23)16-15(11)19(20,17(12)27-16)7-8-22(14)2/h3-4,10,12,14,17,21,23,26H,5-9H2,1-2H3,(H,24,25)/t10?,12-,14?,17+,19+,20-/m1/s1. The molecule has 0 radical (unpaired) electrons. The van der Waals surface area contributed by atoms with Crippen LogP contribution in [-0.4, -0.2) is 69.6 Å². The van der Waals surface area contributed by atoms with Crippen molar-refractivity contribution in [3.8, 4) is 11.5 Å². The van der Waals surface area contributed by atoms with Crippen LogP contribution in [-0.2, 0) is 16.6 Å². The van der Waals surface area contributed by atoms with E-state index in [1.54, 1.807) is 13.0 Å². The average Bonchev–Trinajstić information content (AvgIpc) is 2.98. The van der Waals surface area contributed by atoms with Crippen molar-refractivity contribution >= 4 is 5.97 Å². The molecule has 2 aliphatic carbocycles. The first kappa shape index (κ1) is 17.3. The highest BCUT2D eigenvalue weighted by Gasteiger charge is 2.72. The highest BCUT2D eigenvalue weighted by Crippen LogP contribution is 2.65. The van der Waals surface area contributed by atoms with Gasteiger partial charge < -0.3 is 25.0 Å². The molecule has 1 spiro atoms. The van der Waals surface area contributed by atoms with Crippen molar-refractivity contribution in [3.63, 3.8) is 0 Å². The summed E-state index contributed by atoms with van der Waals surface area (Å²) < 4.78 is 6.32. The maximum Gasteiger partial charge on any atom is 0.320 e. The molecule has 2 heterocycles. The van der Waals surface area contributed by atoms with Gasteiger partial charge in [0.1, 0.15) is 12.1 Å². The second kappa shape index (κ2) is 5.37. The third kappa shape index (κ3) is 1.94. The van der Waals surface area contributed by atoms with E-state index >= 15 is 0 Å². The summed E-state index contributed by atoms with van der Waals surface area (Å²) in [7, 11) is 2.06. The van der Waals surface area contributed by atoms with Gasteiger partial charge in [0.25, 0.3) is 0 Å². The number of nitrogens with one attached hydrogen (secondary N) is 1. The van der Waals surface area contributed by atoms with Crippen LogP contribution in [0.2, 0.25) is 0 Å². The van der Waals surface area contributed by atoms with Crippen molar-refractivity contribution in [2.75, 3.05) is 13.6 Å². The van der Waals surface area contributed by atoms with Crippen molar-refractivity contribution in [1.29, 1.82) is 0 Å². The molecule has 2 unspecified atom stereocenters. The van der Waals surface area contributed by atoms with Crippen LogP contribution < -0.4 is 10.1 Å². The first-order valence-corrected chi connectivity index (χ1v) is 9.73. The number of ether oxygens (including phenoxy) is 1. The summed E-state index contributed by atoms with van der Waals surface area (Å²) in [6.45, 7) is 2.46. The van der Waals surface area contributed by atoms with E-state index in [1.807, 2.05) is 6.07 Å². The monoisotopic (exact) mass is 374 g/mol. The third-order valence-electron chi connectivity index (χ3n) is 7.56. The third-order valence-corrected chi connectivity index (χ3v) is 7.56. The number of aliphatic hydroxyl groups is 1. The highest BCUT2D eigenvalue weighted by molar-refractivity contribution is 5.73. The van der Waals surface area contributed by atoms with E-state index in [0.717, 1.165) is 30.5 Å². The number of hydrogen-bond donors (Lipinski definition) is 4. The molecule has 2 fully saturated rings. The van der Waals surface area contributed by atoms with Crippen LogP contribution in [0.5, 0.6) is 11.5 Å². The van der Waals surface area contributed by atoms with E-state index in [-0.39, 0.29) is 17.8 Å². The van der Waals surface area contributed by atoms with Gasteiger partial charge in [-0.3, -0.25) is 10.1 Å². The molecule has 4 aliphatic rings. The Labute approximate surface area is 157 Å². The summed E-state index contributed by atoms with van der Waals surface area (Å²) in [5, 5.41) is 35.0. The number of phenols is 1. The Kier molecular flexibility index (Phi) is 3.44. The fraction of sp³-hybridized carbons (Fsp3) is 0.650. The lowest BCUT2D eigenvalue weighted by molar-refractivity contribution is -0.187. The van der Waals surface area contributed by atoms with E-state index in [4.69, 9.17) is 4.74 Å². The minimum absolute atomic E-state index is 0.00168. The number of likely N-dealkylation sites (tertiary alicyclic amines) is 1. The Morgan fingerprint density at radius 3 is 2.93 bits per heavy atom. The second-order valence-corrected chi connectivity index (χ2v) is 8.70. The molecule has 7 heteroatoms. The Morgan fingerprint density at radius 1 is 1.41 bits per heavy atom. The number of nitrogens with zero attached hydrogens (tertiary/aromatic N) is 1. The summed E-state index contributed by atoms with van der Waals surface area (Å²) in [4.78, 5) is 13.6. The first-order valence-electron chi connectivity index (χ1n) is 9.73. The molecule has 1 aromatic carbocycles. The number of carboxylic acid groups (broad SMARTS) is 1. The fourth-order valence-corrected chi connectivity index (χ4v) is 6.32. The molecule has 5 rings (SSSR count). The van der Waals surface area contributed by atoms with Gasteiger partial charge in [-0.05, 0) is 57.8 Å². The number of likely N-dealkylation sites (N-methyl/N-ethyl adjacent to an activating group) is 1. The number of hydrogen-bond acceptors (Lipinski definition) is 6. The Hall–Kier alpha value is -1.83. The number of rotatable bonds is 3. The summed E-state index contributed by atoms with van der Waals surface area (Å²) in [6.07, 6.45) is 2.29. The molecule has 2 aliphatic heterocycles. The lowest BCUT2D eigenvalue weighted by Crippen LogP contribution is -2.78. The molecule has 0 aromatic heterocycles. The zero-order chi connectivity index (χ0) is 19.1. The second-order valence-electron chi connectivity index (χ2n) is 8.70. The number of carbonyl (C=O) groups is 1. The molecule has 27 heavy (non-hydrogen) atoms. The van der Waals surface area contributed by atoms with Crippen LogP contribution in [0.4, 0.5) is 0 Å². The van der Waals surface area contributed by atoms with Crippen molar-refractivity contribution in [2.45, 2.75) is 67.9 Å². The Balaban J connectivity index is 1.68. The molecular formula is C20H26N2O5. The molecule has 1 saturated heterocycles. The summed E-state index contributed by atoms with van der Waals surface area (Å²) in [5.41, 5.74) is 0.522. The summed E-state index contributed by atoms with van der Waals surface area (Å²) in [6, 6.07) is 2.72. The van der Waals surface area contributed by atoms with Gasteiger partial charge in [0.2, 0.25) is 0 Å². The number of phenolic OH excluding ortho intramolecular Hbond substituents is 1. The van der Waals surface area contributed by atoms with Crippen LogP contribution in [0.3, 0.4) is 0 Å².